The molecule has 0 radical (unpaired) electrons. The molecule has 1 amide bonds. The Morgan fingerprint density at radius 3 is 2.70 bits per heavy atom. The van der Waals surface area contributed by atoms with Crippen LogP contribution >= 0.6 is 39.1 Å². The Labute approximate surface area is 152 Å². The standard InChI is InChI=1S/C16H13BrCl2N2O2/c17-13-7-10(2-6-16(22)21-20)1-5-15(13)23-9-11-3-4-12(18)8-14(11)19/h1-8H,9,20H2,(H,21,22)/b6-2+. The van der Waals surface area contributed by atoms with E-state index in [1.807, 2.05) is 23.6 Å². The first-order chi connectivity index (χ1) is 11.0. The zero-order valence-corrected chi connectivity index (χ0v) is 15.0. The number of hydrogen-bond acceptors (Lipinski definition) is 3. The lowest BCUT2D eigenvalue weighted by Crippen LogP contribution is -2.27. The summed E-state index contributed by atoms with van der Waals surface area (Å²) >= 11 is 15.4. The van der Waals surface area contributed by atoms with Gasteiger partial charge in [0.1, 0.15) is 12.4 Å². The van der Waals surface area contributed by atoms with Crippen LogP contribution in [0.5, 0.6) is 5.75 Å². The lowest BCUT2D eigenvalue weighted by Gasteiger charge is -2.10. The first kappa shape index (κ1) is 17.8. The van der Waals surface area contributed by atoms with Gasteiger partial charge in [-0.05, 0) is 51.8 Å². The van der Waals surface area contributed by atoms with Gasteiger partial charge in [-0.15, -0.1) is 0 Å². The maximum atomic E-state index is 11.1. The number of amides is 1. The summed E-state index contributed by atoms with van der Waals surface area (Å²) in [5.74, 6) is 5.29. The van der Waals surface area contributed by atoms with E-state index in [1.54, 1.807) is 24.3 Å². The fourth-order valence-corrected chi connectivity index (χ4v) is 2.73. The summed E-state index contributed by atoms with van der Waals surface area (Å²) < 4.78 is 6.51. The summed E-state index contributed by atoms with van der Waals surface area (Å²) in [6, 6.07) is 10.7. The molecule has 0 aliphatic rings. The molecule has 0 bridgehead atoms. The summed E-state index contributed by atoms with van der Waals surface area (Å²) in [5.41, 5.74) is 3.70. The van der Waals surface area contributed by atoms with Crippen LogP contribution in [-0.2, 0) is 11.4 Å². The highest BCUT2D eigenvalue weighted by Crippen LogP contribution is 2.28. The number of carbonyl (C=O) groups excluding carboxylic acids is 1. The second-order valence-electron chi connectivity index (χ2n) is 4.56. The highest BCUT2D eigenvalue weighted by Gasteiger charge is 2.05. The van der Waals surface area contributed by atoms with Crippen LogP contribution in [0, 0.1) is 0 Å². The summed E-state index contributed by atoms with van der Waals surface area (Å²) in [7, 11) is 0. The number of hydrogen-bond donors (Lipinski definition) is 2. The summed E-state index contributed by atoms with van der Waals surface area (Å²) in [5, 5.41) is 1.14. The van der Waals surface area contributed by atoms with Crippen molar-refractivity contribution < 1.29 is 9.53 Å². The van der Waals surface area contributed by atoms with Crippen molar-refractivity contribution in [2.24, 2.45) is 5.84 Å². The molecule has 2 aromatic rings. The first-order valence-electron chi connectivity index (χ1n) is 6.54. The molecule has 0 aromatic heterocycles. The van der Waals surface area contributed by atoms with Gasteiger partial charge in [0.25, 0.3) is 5.91 Å². The van der Waals surface area contributed by atoms with Crippen LogP contribution in [0.1, 0.15) is 11.1 Å². The van der Waals surface area contributed by atoms with Crippen LogP contribution in [0.15, 0.2) is 46.9 Å². The van der Waals surface area contributed by atoms with Gasteiger partial charge < -0.3 is 4.74 Å². The van der Waals surface area contributed by atoms with Crippen molar-refractivity contribution in [2.75, 3.05) is 0 Å². The zero-order chi connectivity index (χ0) is 16.8. The average Bonchev–Trinajstić information content (AvgIpc) is 2.53. The molecule has 4 nitrogen and oxygen atoms in total. The molecule has 0 atom stereocenters. The van der Waals surface area contributed by atoms with Crippen molar-refractivity contribution in [1.29, 1.82) is 0 Å². The number of ether oxygens (including phenoxy) is 1. The Hall–Kier alpha value is -1.53. The van der Waals surface area contributed by atoms with E-state index in [0.717, 1.165) is 15.6 Å². The van der Waals surface area contributed by atoms with E-state index in [9.17, 15) is 4.79 Å². The van der Waals surface area contributed by atoms with E-state index in [2.05, 4.69) is 15.9 Å². The number of benzene rings is 2. The topological polar surface area (TPSA) is 64.3 Å². The lowest BCUT2D eigenvalue weighted by atomic mass is 10.2. The molecule has 23 heavy (non-hydrogen) atoms. The second kappa shape index (κ2) is 8.36. The second-order valence-corrected chi connectivity index (χ2v) is 6.25. The fourth-order valence-electron chi connectivity index (χ4n) is 1.75. The molecule has 3 N–H and O–H groups in total. The molecule has 0 aliphatic carbocycles. The molecule has 0 heterocycles. The van der Waals surface area contributed by atoms with Gasteiger partial charge in [0.2, 0.25) is 0 Å². The summed E-state index contributed by atoms with van der Waals surface area (Å²) in [6.45, 7) is 0.319. The molecule has 7 heteroatoms. The molecular weight excluding hydrogens is 403 g/mol. The van der Waals surface area contributed by atoms with Crippen LogP contribution in [0.2, 0.25) is 10.0 Å². The monoisotopic (exact) mass is 414 g/mol. The molecule has 0 saturated carbocycles. The van der Waals surface area contributed by atoms with Crippen molar-refractivity contribution in [1.82, 2.24) is 5.43 Å². The molecule has 0 fully saturated rings. The quantitative estimate of drug-likeness (QED) is 0.330. The van der Waals surface area contributed by atoms with Crippen LogP contribution < -0.4 is 16.0 Å². The zero-order valence-electron chi connectivity index (χ0n) is 11.9. The molecule has 0 spiro atoms. The van der Waals surface area contributed by atoms with Gasteiger partial charge in [-0.3, -0.25) is 10.2 Å². The number of hydrazine groups is 1. The number of halogens is 3. The highest BCUT2D eigenvalue weighted by atomic mass is 79.9. The molecule has 120 valence electrons. The first-order valence-corrected chi connectivity index (χ1v) is 8.09. The van der Waals surface area contributed by atoms with Gasteiger partial charge in [-0.25, -0.2) is 5.84 Å². The fraction of sp³-hybridized carbons (Fsp3) is 0.0625. The Morgan fingerprint density at radius 2 is 2.04 bits per heavy atom. The summed E-state index contributed by atoms with van der Waals surface area (Å²) in [4.78, 5) is 11.1. The van der Waals surface area contributed by atoms with E-state index in [1.165, 1.54) is 6.08 Å². The molecule has 2 aromatic carbocycles. The van der Waals surface area contributed by atoms with Gasteiger partial charge >= 0.3 is 0 Å². The third-order valence-electron chi connectivity index (χ3n) is 2.92. The van der Waals surface area contributed by atoms with Crippen molar-refractivity contribution in [3.63, 3.8) is 0 Å². The largest absolute Gasteiger partial charge is 0.488 e. The molecule has 0 saturated heterocycles. The Morgan fingerprint density at radius 1 is 1.26 bits per heavy atom. The number of nitrogens with two attached hydrogens (primary N) is 1. The Kier molecular flexibility index (Phi) is 6.47. The molecule has 2 rings (SSSR count). The third-order valence-corrected chi connectivity index (χ3v) is 4.13. The van der Waals surface area contributed by atoms with Crippen molar-refractivity contribution in [3.8, 4) is 5.75 Å². The van der Waals surface area contributed by atoms with E-state index < -0.39 is 0 Å². The Balaban J connectivity index is 2.06. The van der Waals surface area contributed by atoms with Gasteiger partial charge in [-0.2, -0.15) is 0 Å². The predicted octanol–water partition coefficient (Wildman–Crippen LogP) is 4.34. The molecule has 0 unspecified atom stereocenters. The maximum absolute atomic E-state index is 11.1. The number of carbonyl (C=O) groups is 1. The van der Waals surface area contributed by atoms with Crippen LogP contribution in [-0.4, -0.2) is 5.91 Å². The van der Waals surface area contributed by atoms with E-state index in [4.69, 9.17) is 33.8 Å². The van der Waals surface area contributed by atoms with E-state index >= 15 is 0 Å². The van der Waals surface area contributed by atoms with Crippen LogP contribution in [0.3, 0.4) is 0 Å². The molecular formula is C16H13BrCl2N2O2. The third kappa shape index (κ3) is 5.25. The van der Waals surface area contributed by atoms with Gasteiger partial charge in [-0.1, -0.05) is 35.3 Å². The lowest BCUT2D eigenvalue weighted by molar-refractivity contribution is -0.116. The minimum absolute atomic E-state index is 0.319. The van der Waals surface area contributed by atoms with Crippen molar-refractivity contribution in [2.45, 2.75) is 6.61 Å². The molecule has 0 aliphatic heterocycles. The normalized spacial score (nSPS) is 10.8. The van der Waals surface area contributed by atoms with Crippen LogP contribution in [0.4, 0.5) is 0 Å². The minimum atomic E-state index is -0.376. The SMILES string of the molecule is NNC(=O)/C=C/c1ccc(OCc2ccc(Cl)cc2Cl)c(Br)c1. The number of rotatable bonds is 5. The van der Waals surface area contributed by atoms with Gasteiger partial charge in [0.15, 0.2) is 0 Å². The van der Waals surface area contributed by atoms with E-state index in [0.29, 0.717) is 22.4 Å². The predicted molar refractivity (Wildman–Crippen MR) is 96.3 cm³/mol. The van der Waals surface area contributed by atoms with Crippen LogP contribution in [0.25, 0.3) is 6.08 Å². The van der Waals surface area contributed by atoms with Crippen molar-refractivity contribution >= 4 is 51.1 Å². The van der Waals surface area contributed by atoms with Gasteiger partial charge in [0, 0.05) is 21.7 Å². The van der Waals surface area contributed by atoms with E-state index in [-0.39, 0.29) is 5.91 Å². The van der Waals surface area contributed by atoms with Gasteiger partial charge in [0.05, 0.1) is 4.47 Å². The Bertz CT molecular complexity index is 751. The summed E-state index contributed by atoms with van der Waals surface area (Å²) in [6.07, 6.45) is 2.99. The highest BCUT2D eigenvalue weighted by molar-refractivity contribution is 9.10. The average molecular weight is 416 g/mol. The number of nitrogens with one attached hydrogen (secondary N) is 1. The smallest absolute Gasteiger partial charge is 0.257 e. The minimum Gasteiger partial charge on any atom is -0.488 e. The maximum Gasteiger partial charge on any atom is 0.257 e. The van der Waals surface area contributed by atoms with Crippen molar-refractivity contribution in [3.05, 3.63) is 68.1 Å².